The summed E-state index contributed by atoms with van der Waals surface area (Å²) >= 11 is 0. The first-order valence-electron chi connectivity index (χ1n) is 10.2. The van der Waals surface area contributed by atoms with Gasteiger partial charge >= 0.3 is 0 Å². The molecule has 0 fully saturated rings. The second-order valence-corrected chi connectivity index (χ2v) is 7.58. The molecular weight excluding hydrogens is 422 g/mol. The van der Waals surface area contributed by atoms with Crippen LogP contribution in [0.4, 0.5) is 11.4 Å². The number of non-ortho nitro benzene ring substituents is 1. The van der Waals surface area contributed by atoms with Crippen LogP contribution in [0.25, 0.3) is 10.9 Å². The molecule has 8 nitrogen and oxygen atoms in total. The number of ether oxygens (including phenoxy) is 1. The number of nitrogens with one attached hydrogen (secondary N) is 1. The van der Waals surface area contributed by atoms with Crippen LogP contribution >= 0.6 is 0 Å². The van der Waals surface area contributed by atoms with Gasteiger partial charge in [0.1, 0.15) is 5.75 Å². The van der Waals surface area contributed by atoms with Gasteiger partial charge in [0.05, 0.1) is 24.3 Å². The third-order valence-electron chi connectivity index (χ3n) is 5.33. The Bertz CT molecular complexity index is 1430. The van der Waals surface area contributed by atoms with Crippen molar-refractivity contribution in [1.82, 2.24) is 4.98 Å². The molecule has 3 aromatic carbocycles. The number of pyridine rings is 1. The number of aryl methyl sites for hydroxylation is 1. The molecule has 0 bridgehead atoms. The van der Waals surface area contributed by atoms with Gasteiger partial charge in [-0.2, -0.15) is 0 Å². The number of amides is 1. The van der Waals surface area contributed by atoms with Gasteiger partial charge in [0.2, 0.25) is 0 Å². The van der Waals surface area contributed by atoms with Gasteiger partial charge in [-0.15, -0.1) is 0 Å². The lowest BCUT2D eigenvalue weighted by Crippen LogP contribution is -2.33. The second-order valence-electron chi connectivity index (χ2n) is 7.58. The van der Waals surface area contributed by atoms with E-state index in [-0.39, 0.29) is 23.4 Å². The minimum absolute atomic E-state index is 0.0545. The van der Waals surface area contributed by atoms with Crippen molar-refractivity contribution >= 4 is 28.2 Å². The van der Waals surface area contributed by atoms with Crippen LogP contribution in [0.15, 0.2) is 77.6 Å². The Kier molecular flexibility index (Phi) is 5.91. The van der Waals surface area contributed by atoms with Gasteiger partial charge in [0.25, 0.3) is 17.2 Å². The van der Waals surface area contributed by atoms with E-state index < -0.39 is 10.8 Å². The minimum Gasteiger partial charge on any atom is -0.495 e. The average Bonchev–Trinajstić information content (AvgIpc) is 2.82. The molecule has 0 spiro atoms. The number of H-pyrrole nitrogens is 1. The van der Waals surface area contributed by atoms with Crippen LogP contribution in [-0.4, -0.2) is 22.9 Å². The Morgan fingerprint density at radius 1 is 1.06 bits per heavy atom. The first-order valence-corrected chi connectivity index (χ1v) is 10.2. The predicted octanol–water partition coefficient (Wildman–Crippen LogP) is 4.60. The maximum Gasteiger partial charge on any atom is 0.270 e. The molecule has 4 aromatic rings. The van der Waals surface area contributed by atoms with E-state index in [9.17, 15) is 19.7 Å². The maximum atomic E-state index is 13.6. The Morgan fingerprint density at radius 2 is 1.85 bits per heavy atom. The predicted molar refractivity (Wildman–Crippen MR) is 126 cm³/mol. The Balaban J connectivity index is 1.83. The summed E-state index contributed by atoms with van der Waals surface area (Å²) in [6.45, 7) is 1.90. The molecule has 0 aliphatic heterocycles. The van der Waals surface area contributed by atoms with Gasteiger partial charge in [0, 0.05) is 28.8 Å². The molecule has 1 N–H and O–H groups in total. The molecule has 0 aliphatic rings. The number of methoxy groups -OCH3 is 1. The second kappa shape index (κ2) is 8.96. The molecule has 0 saturated heterocycles. The topological polar surface area (TPSA) is 106 Å². The molecule has 0 atom stereocenters. The number of hydrogen-bond acceptors (Lipinski definition) is 5. The standard InChI is InChI=1S/C25H21N3O5/c1-16-10-11-21-18(12-16)13-19(24(29)26-21)15-27(22-8-3-4-9-23(22)33-2)25(30)17-6-5-7-20(14-17)28(31)32/h3-14H,15H2,1-2H3,(H,26,29). The van der Waals surface area contributed by atoms with Gasteiger partial charge in [0.15, 0.2) is 0 Å². The van der Waals surface area contributed by atoms with E-state index in [4.69, 9.17) is 4.74 Å². The van der Waals surface area contributed by atoms with Crippen molar-refractivity contribution in [3.05, 3.63) is 110 Å². The van der Waals surface area contributed by atoms with Crippen LogP contribution in [-0.2, 0) is 6.54 Å². The van der Waals surface area contributed by atoms with E-state index in [1.807, 2.05) is 25.1 Å². The van der Waals surface area contributed by atoms with Crippen LogP contribution in [0.1, 0.15) is 21.5 Å². The normalized spacial score (nSPS) is 10.7. The molecule has 8 heteroatoms. The van der Waals surface area contributed by atoms with E-state index in [1.165, 1.54) is 36.3 Å². The number of para-hydroxylation sites is 2. The highest BCUT2D eigenvalue weighted by Crippen LogP contribution is 2.31. The van der Waals surface area contributed by atoms with Crippen LogP contribution < -0.4 is 15.2 Å². The number of nitro benzene ring substituents is 1. The third kappa shape index (κ3) is 4.45. The Morgan fingerprint density at radius 3 is 2.61 bits per heavy atom. The number of benzene rings is 3. The summed E-state index contributed by atoms with van der Waals surface area (Å²) in [5, 5.41) is 12.1. The van der Waals surface area contributed by atoms with Gasteiger partial charge in [-0.3, -0.25) is 19.7 Å². The number of carbonyl (C=O) groups excluding carboxylic acids is 1. The molecule has 4 rings (SSSR count). The lowest BCUT2D eigenvalue weighted by atomic mass is 10.1. The monoisotopic (exact) mass is 443 g/mol. The van der Waals surface area contributed by atoms with Crippen molar-refractivity contribution in [2.45, 2.75) is 13.5 Å². The summed E-state index contributed by atoms with van der Waals surface area (Å²) < 4.78 is 5.44. The lowest BCUT2D eigenvalue weighted by Gasteiger charge is -2.24. The summed E-state index contributed by atoms with van der Waals surface area (Å²) in [7, 11) is 1.49. The average molecular weight is 443 g/mol. The van der Waals surface area contributed by atoms with Gasteiger partial charge < -0.3 is 14.6 Å². The number of hydrogen-bond donors (Lipinski definition) is 1. The summed E-state index contributed by atoms with van der Waals surface area (Å²) in [6.07, 6.45) is 0. The van der Waals surface area contributed by atoms with E-state index >= 15 is 0 Å². The highest BCUT2D eigenvalue weighted by molar-refractivity contribution is 6.07. The number of fused-ring (bicyclic) bond motifs is 1. The van der Waals surface area contributed by atoms with Crippen molar-refractivity contribution in [1.29, 1.82) is 0 Å². The molecule has 0 unspecified atom stereocenters. The minimum atomic E-state index is -0.555. The number of carbonyl (C=O) groups is 1. The molecule has 1 amide bonds. The highest BCUT2D eigenvalue weighted by Gasteiger charge is 2.24. The van der Waals surface area contributed by atoms with Crippen molar-refractivity contribution in [3.8, 4) is 5.75 Å². The number of nitro groups is 1. The number of nitrogens with zero attached hydrogens (tertiary/aromatic N) is 2. The highest BCUT2D eigenvalue weighted by atomic mass is 16.6. The Hall–Kier alpha value is -4.46. The first kappa shape index (κ1) is 21.8. The summed E-state index contributed by atoms with van der Waals surface area (Å²) in [5.41, 5.74) is 2.16. The zero-order valence-corrected chi connectivity index (χ0v) is 18.1. The van der Waals surface area contributed by atoms with Gasteiger partial charge in [-0.25, -0.2) is 0 Å². The van der Waals surface area contributed by atoms with Crippen LogP contribution in [0.2, 0.25) is 0 Å². The summed E-state index contributed by atoms with van der Waals surface area (Å²) in [4.78, 5) is 41.3. The molecule has 0 aliphatic carbocycles. The fourth-order valence-electron chi connectivity index (χ4n) is 3.69. The molecule has 0 radical (unpaired) electrons. The maximum absolute atomic E-state index is 13.6. The fourth-order valence-corrected chi connectivity index (χ4v) is 3.69. The smallest absolute Gasteiger partial charge is 0.270 e. The quantitative estimate of drug-likeness (QED) is 0.346. The zero-order chi connectivity index (χ0) is 23.5. The van der Waals surface area contributed by atoms with Gasteiger partial charge in [-0.1, -0.05) is 29.8 Å². The van der Waals surface area contributed by atoms with Crippen molar-refractivity contribution in [3.63, 3.8) is 0 Å². The number of rotatable bonds is 6. The van der Waals surface area contributed by atoms with Crippen molar-refractivity contribution in [2.24, 2.45) is 0 Å². The van der Waals surface area contributed by atoms with E-state index in [1.54, 1.807) is 30.3 Å². The zero-order valence-electron chi connectivity index (χ0n) is 18.1. The van der Waals surface area contributed by atoms with E-state index in [2.05, 4.69) is 4.98 Å². The van der Waals surface area contributed by atoms with Crippen molar-refractivity contribution in [2.75, 3.05) is 12.0 Å². The molecule has 0 saturated carbocycles. The first-order chi connectivity index (χ1) is 15.9. The number of aromatic amines is 1. The molecular formula is C25H21N3O5. The lowest BCUT2D eigenvalue weighted by molar-refractivity contribution is -0.384. The molecule has 1 aromatic heterocycles. The van der Waals surface area contributed by atoms with Crippen LogP contribution in [0, 0.1) is 17.0 Å². The third-order valence-corrected chi connectivity index (χ3v) is 5.33. The van der Waals surface area contributed by atoms with E-state index in [0.29, 0.717) is 22.5 Å². The van der Waals surface area contributed by atoms with Crippen LogP contribution in [0.5, 0.6) is 5.75 Å². The Labute approximate surface area is 189 Å². The summed E-state index contributed by atoms with van der Waals surface area (Å²) in [6, 6.07) is 19.9. The largest absolute Gasteiger partial charge is 0.495 e. The number of anilines is 1. The van der Waals surface area contributed by atoms with E-state index in [0.717, 1.165) is 10.9 Å². The SMILES string of the molecule is COc1ccccc1N(Cc1cc2cc(C)ccc2[nH]c1=O)C(=O)c1cccc([N+](=O)[O-])c1. The van der Waals surface area contributed by atoms with Crippen LogP contribution in [0.3, 0.4) is 0 Å². The molecule has 166 valence electrons. The molecule has 33 heavy (non-hydrogen) atoms. The fraction of sp³-hybridized carbons (Fsp3) is 0.120. The summed E-state index contributed by atoms with van der Waals surface area (Å²) in [5.74, 6) is -0.0590. The number of aromatic nitrogens is 1. The molecule has 1 heterocycles. The van der Waals surface area contributed by atoms with Crippen molar-refractivity contribution < 1.29 is 14.5 Å². The van der Waals surface area contributed by atoms with Gasteiger partial charge in [-0.05, 0) is 48.7 Å².